The van der Waals surface area contributed by atoms with E-state index in [1.807, 2.05) is 4.90 Å². The van der Waals surface area contributed by atoms with Gasteiger partial charge in [-0.3, -0.25) is 4.79 Å². The highest BCUT2D eigenvalue weighted by atomic mass is 35.5. The molecule has 0 aliphatic carbocycles. The van der Waals surface area contributed by atoms with E-state index in [1.165, 1.54) is 21.2 Å². The number of halogens is 1. The highest BCUT2D eigenvalue weighted by molar-refractivity contribution is 7.99. The maximum Gasteiger partial charge on any atom is 0.224 e. The average Bonchev–Trinajstić information content (AvgIpc) is 3.13. The third kappa shape index (κ3) is 3.56. The van der Waals surface area contributed by atoms with E-state index in [0.29, 0.717) is 19.5 Å². The zero-order valence-corrected chi connectivity index (χ0v) is 16.3. The molecule has 4 nitrogen and oxygen atoms in total. The molecule has 1 fully saturated rings. The lowest BCUT2D eigenvalue weighted by molar-refractivity contribution is -0.131. The first kappa shape index (κ1) is 19.1. The first-order chi connectivity index (χ1) is 12.3. The number of likely N-dealkylation sites (tertiary alicyclic amines) is 1. The van der Waals surface area contributed by atoms with Gasteiger partial charge in [0, 0.05) is 41.9 Å². The summed E-state index contributed by atoms with van der Waals surface area (Å²) in [5.41, 5.74) is 8.20. The smallest absolute Gasteiger partial charge is 0.224 e. The highest BCUT2D eigenvalue weighted by Crippen LogP contribution is 2.47. The van der Waals surface area contributed by atoms with Crippen LogP contribution in [0, 0.1) is 0 Å². The van der Waals surface area contributed by atoms with Crippen LogP contribution in [-0.2, 0) is 4.79 Å². The quantitative estimate of drug-likeness (QED) is 0.856. The van der Waals surface area contributed by atoms with E-state index in [2.05, 4.69) is 53.4 Å². The minimum absolute atomic E-state index is 0. The van der Waals surface area contributed by atoms with Crippen molar-refractivity contribution in [3.63, 3.8) is 0 Å². The molecule has 138 valence electrons. The van der Waals surface area contributed by atoms with E-state index in [-0.39, 0.29) is 24.4 Å². The second-order valence-corrected chi connectivity index (χ2v) is 7.64. The fourth-order valence-electron chi connectivity index (χ4n) is 3.78. The van der Waals surface area contributed by atoms with Crippen LogP contribution in [0.1, 0.15) is 19.3 Å². The Morgan fingerprint density at radius 2 is 1.69 bits per heavy atom. The molecule has 1 saturated heterocycles. The Morgan fingerprint density at radius 3 is 2.31 bits per heavy atom. The molecule has 0 bridgehead atoms. The molecule has 0 aromatic heterocycles. The van der Waals surface area contributed by atoms with Gasteiger partial charge in [0.05, 0.1) is 11.4 Å². The number of nitrogens with zero attached hydrogens (tertiary/aromatic N) is 2. The van der Waals surface area contributed by atoms with Crippen molar-refractivity contribution in [1.29, 1.82) is 0 Å². The van der Waals surface area contributed by atoms with Gasteiger partial charge >= 0.3 is 0 Å². The molecular formula is C20H24ClN3OS. The van der Waals surface area contributed by atoms with Crippen LogP contribution in [0.25, 0.3) is 0 Å². The standard InChI is InChI=1S/C20H23N3OS.ClH/c21-14-15-6-5-12-22(15)20(24)11-13-23-16-7-1-3-9-18(16)25-19-10-4-2-8-17(19)23;/h1-4,7-10,15H,5-6,11-14,21H2;1H. The maximum absolute atomic E-state index is 12.7. The summed E-state index contributed by atoms with van der Waals surface area (Å²) in [5, 5.41) is 0. The van der Waals surface area contributed by atoms with E-state index in [4.69, 9.17) is 5.73 Å². The first-order valence-corrected chi connectivity index (χ1v) is 9.72. The highest BCUT2D eigenvalue weighted by Gasteiger charge is 2.29. The average molecular weight is 390 g/mol. The van der Waals surface area contributed by atoms with E-state index >= 15 is 0 Å². The Morgan fingerprint density at radius 1 is 1.08 bits per heavy atom. The van der Waals surface area contributed by atoms with Crippen molar-refractivity contribution in [1.82, 2.24) is 4.90 Å². The molecule has 2 aliphatic heterocycles. The Kier molecular flexibility index (Phi) is 6.12. The van der Waals surface area contributed by atoms with Crippen molar-refractivity contribution in [2.45, 2.75) is 35.1 Å². The monoisotopic (exact) mass is 389 g/mol. The van der Waals surface area contributed by atoms with Gasteiger partial charge in [0.25, 0.3) is 0 Å². The molecule has 1 atom stereocenters. The van der Waals surface area contributed by atoms with E-state index in [1.54, 1.807) is 11.8 Å². The van der Waals surface area contributed by atoms with Crippen molar-refractivity contribution in [3.05, 3.63) is 48.5 Å². The molecule has 26 heavy (non-hydrogen) atoms. The molecule has 4 rings (SSSR count). The Balaban J connectivity index is 0.00000196. The first-order valence-electron chi connectivity index (χ1n) is 8.91. The number of benzene rings is 2. The Bertz CT molecular complexity index is 740. The molecule has 0 radical (unpaired) electrons. The number of amides is 1. The summed E-state index contributed by atoms with van der Waals surface area (Å²) in [6.45, 7) is 2.11. The number of nitrogens with two attached hydrogens (primary N) is 1. The second-order valence-electron chi connectivity index (χ2n) is 6.56. The van der Waals surface area contributed by atoms with Crippen molar-refractivity contribution < 1.29 is 4.79 Å². The molecule has 2 aromatic carbocycles. The zero-order chi connectivity index (χ0) is 17.2. The van der Waals surface area contributed by atoms with Gasteiger partial charge in [0.15, 0.2) is 0 Å². The lowest BCUT2D eigenvalue weighted by Crippen LogP contribution is -2.41. The lowest BCUT2D eigenvalue weighted by Gasteiger charge is -2.33. The van der Waals surface area contributed by atoms with E-state index < -0.39 is 0 Å². The largest absolute Gasteiger partial charge is 0.339 e. The van der Waals surface area contributed by atoms with Crippen molar-refractivity contribution in [2.75, 3.05) is 24.5 Å². The number of carbonyl (C=O) groups is 1. The van der Waals surface area contributed by atoms with Gasteiger partial charge in [-0.1, -0.05) is 36.0 Å². The van der Waals surface area contributed by atoms with Gasteiger partial charge in [0.1, 0.15) is 0 Å². The van der Waals surface area contributed by atoms with Crippen LogP contribution < -0.4 is 10.6 Å². The number of para-hydroxylation sites is 2. The molecule has 2 heterocycles. The van der Waals surface area contributed by atoms with E-state index in [0.717, 1.165) is 19.4 Å². The minimum atomic E-state index is 0. The number of carbonyl (C=O) groups excluding carboxylic acids is 1. The van der Waals surface area contributed by atoms with Crippen LogP contribution in [0.4, 0.5) is 11.4 Å². The van der Waals surface area contributed by atoms with Crippen LogP contribution in [0.3, 0.4) is 0 Å². The van der Waals surface area contributed by atoms with Crippen LogP contribution in [-0.4, -0.2) is 36.5 Å². The Labute approximate surface area is 165 Å². The molecule has 2 N–H and O–H groups in total. The lowest BCUT2D eigenvalue weighted by atomic mass is 10.2. The van der Waals surface area contributed by atoms with Gasteiger partial charge < -0.3 is 15.5 Å². The summed E-state index contributed by atoms with van der Waals surface area (Å²) < 4.78 is 0. The molecule has 0 saturated carbocycles. The Hall–Kier alpha value is -1.69. The fourth-order valence-corrected chi connectivity index (χ4v) is 4.88. The summed E-state index contributed by atoms with van der Waals surface area (Å²) in [4.78, 5) is 19.5. The normalized spacial score (nSPS) is 18.1. The number of anilines is 2. The predicted molar refractivity (Wildman–Crippen MR) is 110 cm³/mol. The van der Waals surface area contributed by atoms with Gasteiger partial charge in [-0.05, 0) is 37.1 Å². The molecule has 0 spiro atoms. The molecular weight excluding hydrogens is 366 g/mol. The van der Waals surface area contributed by atoms with Crippen LogP contribution >= 0.6 is 24.2 Å². The molecule has 2 aromatic rings. The second kappa shape index (κ2) is 8.33. The summed E-state index contributed by atoms with van der Waals surface area (Å²) in [7, 11) is 0. The summed E-state index contributed by atoms with van der Waals surface area (Å²) in [5.74, 6) is 0.223. The third-order valence-electron chi connectivity index (χ3n) is 5.05. The van der Waals surface area contributed by atoms with Gasteiger partial charge in [-0.15, -0.1) is 12.4 Å². The maximum atomic E-state index is 12.7. The third-order valence-corrected chi connectivity index (χ3v) is 6.18. The van der Waals surface area contributed by atoms with Crippen molar-refractivity contribution >= 4 is 41.5 Å². The molecule has 6 heteroatoms. The molecule has 1 unspecified atom stereocenters. The minimum Gasteiger partial charge on any atom is -0.339 e. The van der Waals surface area contributed by atoms with Gasteiger partial charge in [-0.2, -0.15) is 0 Å². The number of rotatable bonds is 4. The predicted octanol–water partition coefficient (Wildman–Crippen LogP) is 4.05. The van der Waals surface area contributed by atoms with Crippen molar-refractivity contribution in [3.8, 4) is 0 Å². The SMILES string of the molecule is Cl.NCC1CCCN1C(=O)CCN1c2ccccc2Sc2ccccc21. The van der Waals surface area contributed by atoms with Gasteiger partial charge in [0.2, 0.25) is 5.91 Å². The van der Waals surface area contributed by atoms with Gasteiger partial charge in [-0.25, -0.2) is 0 Å². The fraction of sp³-hybridized carbons (Fsp3) is 0.350. The van der Waals surface area contributed by atoms with E-state index in [9.17, 15) is 4.79 Å². The zero-order valence-electron chi connectivity index (χ0n) is 14.6. The molecule has 1 amide bonds. The van der Waals surface area contributed by atoms with Crippen LogP contribution in [0.2, 0.25) is 0 Å². The number of hydrogen-bond acceptors (Lipinski definition) is 4. The number of hydrogen-bond donors (Lipinski definition) is 1. The summed E-state index contributed by atoms with van der Waals surface area (Å²) in [6.07, 6.45) is 2.62. The summed E-state index contributed by atoms with van der Waals surface area (Å²) in [6, 6.07) is 17.1. The topological polar surface area (TPSA) is 49.6 Å². The number of fused-ring (bicyclic) bond motifs is 2. The van der Waals surface area contributed by atoms with Crippen LogP contribution in [0.15, 0.2) is 58.3 Å². The van der Waals surface area contributed by atoms with Crippen molar-refractivity contribution in [2.24, 2.45) is 5.73 Å². The molecule has 2 aliphatic rings. The summed E-state index contributed by atoms with van der Waals surface area (Å²) >= 11 is 1.80. The van der Waals surface area contributed by atoms with Crippen LogP contribution in [0.5, 0.6) is 0 Å².